The number of Topliss-reactive ketones (excluding diaryl/α,β-unsaturated/α-hetero) is 1. The molecule has 5 nitrogen and oxygen atoms in total. The van der Waals surface area contributed by atoms with Gasteiger partial charge in [-0.3, -0.25) is 14.4 Å². The van der Waals surface area contributed by atoms with E-state index in [0.29, 0.717) is 29.2 Å². The molecule has 0 bridgehead atoms. The van der Waals surface area contributed by atoms with Gasteiger partial charge in [-0.25, -0.2) is 0 Å². The third-order valence-electron chi connectivity index (χ3n) is 3.31. The Morgan fingerprint density at radius 3 is 2.52 bits per heavy atom. The molecule has 1 aromatic heterocycles. The largest absolute Gasteiger partial charge is 0.350 e. The van der Waals surface area contributed by atoms with E-state index in [1.807, 2.05) is 11.4 Å². The van der Waals surface area contributed by atoms with E-state index in [1.54, 1.807) is 35.2 Å². The van der Waals surface area contributed by atoms with Gasteiger partial charge < -0.3 is 10.2 Å². The maximum atomic E-state index is 11.9. The van der Waals surface area contributed by atoms with Gasteiger partial charge in [-0.05, 0) is 30.5 Å². The minimum absolute atomic E-state index is 0.0543. The lowest BCUT2D eigenvalue weighted by molar-refractivity contribution is -0.116. The lowest BCUT2D eigenvalue weighted by atomic mass is 10.1. The van der Waals surface area contributed by atoms with Crippen LogP contribution in [0.3, 0.4) is 0 Å². The zero-order chi connectivity index (χ0) is 16.8. The fraction of sp³-hybridized carbons (Fsp3) is 0.235. The Kier molecular flexibility index (Phi) is 5.65. The van der Waals surface area contributed by atoms with Crippen LogP contribution in [-0.4, -0.2) is 30.7 Å². The summed E-state index contributed by atoms with van der Waals surface area (Å²) >= 11 is 1.37. The van der Waals surface area contributed by atoms with E-state index in [1.165, 1.54) is 25.2 Å². The molecule has 0 aliphatic heterocycles. The number of hydrogen-bond acceptors (Lipinski definition) is 4. The minimum atomic E-state index is -0.152. The Morgan fingerprint density at radius 1 is 1.13 bits per heavy atom. The maximum Gasteiger partial charge on any atom is 0.261 e. The second-order valence-electron chi connectivity index (χ2n) is 5.01. The molecule has 2 amide bonds. The number of benzene rings is 1. The molecule has 0 fully saturated rings. The van der Waals surface area contributed by atoms with Gasteiger partial charge in [-0.1, -0.05) is 18.2 Å². The third-order valence-corrected chi connectivity index (χ3v) is 4.18. The van der Waals surface area contributed by atoms with Crippen molar-refractivity contribution in [3.8, 4) is 0 Å². The van der Waals surface area contributed by atoms with E-state index in [0.717, 1.165) is 0 Å². The molecule has 0 aliphatic carbocycles. The molecule has 0 radical (unpaired) electrons. The van der Waals surface area contributed by atoms with E-state index in [-0.39, 0.29) is 17.6 Å². The fourth-order valence-electron chi connectivity index (χ4n) is 2.14. The Bertz CT molecular complexity index is 710. The van der Waals surface area contributed by atoms with Crippen LogP contribution in [0, 0.1) is 0 Å². The van der Waals surface area contributed by atoms with Gasteiger partial charge in [-0.2, -0.15) is 0 Å². The highest BCUT2D eigenvalue weighted by atomic mass is 32.1. The van der Waals surface area contributed by atoms with E-state index in [2.05, 4.69) is 5.32 Å². The minimum Gasteiger partial charge on any atom is -0.350 e. The molecule has 0 saturated heterocycles. The van der Waals surface area contributed by atoms with Crippen LogP contribution in [0.15, 0.2) is 41.8 Å². The van der Waals surface area contributed by atoms with Crippen molar-refractivity contribution in [3.05, 3.63) is 52.2 Å². The molecule has 6 heteroatoms. The Labute approximate surface area is 138 Å². The molecule has 1 N–H and O–H groups in total. The second-order valence-corrected chi connectivity index (χ2v) is 5.96. The Balaban J connectivity index is 2.02. The van der Waals surface area contributed by atoms with E-state index in [4.69, 9.17) is 0 Å². The SMILES string of the molecule is CC(=O)c1cccc(N(CCNC(=O)c2cccs2)C(C)=O)c1. The molecular weight excluding hydrogens is 312 g/mol. The van der Waals surface area contributed by atoms with Crippen LogP contribution in [0.1, 0.15) is 33.9 Å². The molecular formula is C17H18N2O3S. The predicted octanol–water partition coefficient (Wildman–Crippen LogP) is 2.73. The number of anilines is 1. The van der Waals surface area contributed by atoms with Gasteiger partial charge in [0.25, 0.3) is 5.91 Å². The second kappa shape index (κ2) is 7.69. The number of amides is 2. The average Bonchev–Trinajstić information content (AvgIpc) is 3.05. The smallest absolute Gasteiger partial charge is 0.261 e. The van der Waals surface area contributed by atoms with Crippen molar-refractivity contribution in [2.24, 2.45) is 0 Å². The molecule has 0 unspecified atom stereocenters. The highest BCUT2D eigenvalue weighted by molar-refractivity contribution is 7.12. The zero-order valence-electron chi connectivity index (χ0n) is 13.0. The van der Waals surface area contributed by atoms with Crippen LogP contribution in [0.5, 0.6) is 0 Å². The van der Waals surface area contributed by atoms with Gasteiger partial charge >= 0.3 is 0 Å². The molecule has 1 heterocycles. The highest BCUT2D eigenvalue weighted by Crippen LogP contribution is 2.17. The fourth-order valence-corrected chi connectivity index (χ4v) is 2.78. The van der Waals surface area contributed by atoms with Gasteiger partial charge in [0.05, 0.1) is 4.88 Å². The molecule has 23 heavy (non-hydrogen) atoms. The zero-order valence-corrected chi connectivity index (χ0v) is 13.9. The topological polar surface area (TPSA) is 66.5 Å². The molecule has 2 aromatic rings. The Hall–Kier alpha value is -2.47. The summed E-state index contributed by atoms with van der Waals surface area (Å²) in [5.74, 6) is -0.349. The summed E-state index contributed by atoms with van der Waals surface area (Å²) < 4.78 is 0. The summed E-state index contributed by atoms with van der Waals surface area (Å²) in [5.41, 5.74) is 1.20. The van der Waals surface area contributed by atoms with Crippen LogP contribution < -0.4 is 10.2 Å². The number of ketones is 1. The number of hydrogen-bond donors (Lipinski definition) is 1. The summed E-state index contributed by atoms with van der Waals surface area (Å²) in [6.45, 7) is 3.62. The number of carbonyl (C=O) groups is 3. The number of thiophene rings is 1. The highest BCUT2D eigenvalue weighted by Gasteiger charge is 2.13. The van der Waals surface area contributed by atoms with Gasteiger partial charge in [0, 0.05) is 31.3 Å². The number of carbonyl (C=O) groups excluding carboxylic acids is 3. The third kappa shape index (κ3) is 4.50. The van der Waals surface area contributed by atoms with Crippen LogP contribution in [0.2, 0.25) is 0 Å². The first-order chi connectivity index (χ1) is 11.0. The van der Waals surface area contributed by atoms with Crippen molar-refractivity contribution in [2.45, 2.75) is 13.8 Å². The summed E-state index contributed by atoms with van der Waals surface area (Å²) in [6.07, 6.45) is 0. The molecule has 1 aromatic carbocycles. The lowest BCUT2D eigenvalue weighted by Crippen LogP contribution is -2.37. The summed E-state index contributed by atoms with van der Waals surface area (Å²) in [5, 5.41) is 4.63. The number of nitrogens with one attached hydrogen (secondary N) is 1. The van der Waals surface area contributed by atoms with Crippen molar-refractivity contribution < 1.29 is 14.4 Å². The quantitative estimate of drug-likeness (QED) is 0.828. The summed E-state index contributed by atoms with van der Waals surface area (Å²) in [4.78, 5) is 37.4. The molecule has 0 saturated carbocycles. The molecule has 0 spiro atoms. The first-order valence-corrected chi connectivity index (χ1v) is 8.08. The normalized spacial score (nSPS) is 10.2. The average molecular weight is 330 g/mol. The number of rotatable bonds is 6. The summed E-state index contributed by atoms with van der Waals surface area (Å²) in [7, 11) is 0. The van der Waals surface area contributed by atoms with Gasteiger partial charge in [0.1, 0.15) is 0 Å². The predicted molar refractivity (Wildman–Crippen MR) is 91.1 cm³/mol. The van der Waals surface area contributed by atoms with Crippen molar-refractivity contribution in [1.82, 2.24) is 5.32 Å². The van der Waals surface area contributed by atoms with E-state index in [9.17, 15) is 14.4 Å². The monoisotopic (exact) mass is 330 g/mol. The molecule has 0 atom stereocenters. The summed E-state index contributed by atoms with van der Waals surface area (Å²) in [6, 6.07) is 10.5. The maximum absolute atomic E-state index is 11.9. The van der Waals surface area contributed by atoms with Gasteiger partial charge in [0.15, 0.2) is 5.78 Å². The first kappa shape index (κ1) is 16.9. The Morgan fingerprint density at radius 2 is 1.91 bits per heavy atom. The number of nitrogens with zero attached hydrogens (tertiary/aromatic N) is 1. The van der Waals surface area contributed by atoms with Gasteiger partial charge in [-0.15, -0.1) is 11.3 Å². The van der Waals surface area contributed by atoms with Crippen LogP contribution >= 0.6 is 11.3 Å². The van der Waals surface area contributed by atoms with Crippen molar-refractivity contribution in [3.63, 3.8) is 0 Å². The first-order valence-electron chi connectivity index (χ1n) is 7.20. The van der Waals surface area contributed by atoms with E-state index < -0.39 is 0 Å². The van der Waals surface area contributed by atoms with Crippen LogP contribution in [0.25, 0.3) is 0 Å². The van der Waals surface area contributed by atoms with Gasteiger partial charge in [0.2, 0.25) is 5.91 Å². The molecule has 0 aliphatic rings. The standard InChI is InChI=1S/C17H18N2O3S/c1-12(20)14-5-3-6-15(11-14)19(13(2)21)9-8-18-17(22)16-7-4-10-23-16/h3-7,10-11H,8-9H2,1-2H3,(H,18,22). The van der Waals surface area contributed by atoms with Crippen LogP contribution in [-0.2, 0) is 4.79 Å². The molecule has 120 valence electrons. The van der Waals surface area contributed by atoms with Crippen molar-refractivity contribution in [1.29, 1.82) is 0 Å². The van der Waals surface area contributed by atoms with Crippen LogP contribution in [0.4, 0.5) is 5.69 Å². The lowest BCUT2D eigenvalue weighted by Gasteiger charge is -2.21. The van der Waals surface area contributed by atoms with Crippen molar-refractivity contribution in [2.75, 3.05) is 18.0 Å². The van der Waals surface area contributed by atoms with Crippen molar-refractivity contribution >= 4 is 34.6 Å². The van der Waals surface area contributed by atoms with E-state index >= 15 is 0 Å². The molecule has 2 rings (SSSR count).